The summed E-state index contributed by atoms with van der Waals surface area (Å²) in [5, 5.41) is 5.61. The van der Waals surface area contributed by atoms with Crippen LogP contribution in [0.1, 0.15) is 24.4 Å². The molecule has 0 fully saturated rings. The van der Waals surface area contributed by atoms with Gasteiger partial charge in [-0.2, -0.15) is 0 Å². The predicted octanol–water partition coefficient (Wildman–Crippen LogP) is 2.20. The van der Waals surface area contributed by atoms with E-state index >= 15 is 0 Å². The number of imidazole rings is 1. The van der Waals surface area contributed by atoms with Crippen molar-refractivity contribution in [2.45, 2.75) is 26.4 Å². The number of aromatic nitrogens is 2. The topological polar surface area (TPSA) is 89.2 Å². The minimum atomic E-state index is -0.632. The summed E-state index contributed by atoms with van der Waals surface area (Å²) in [6.45, 7) is 4.81. The number of benzene rings is 1. The maximum atomic E-state index is 12.5. The molecule has 0 saturated heterocycles. The second-order valence-corrected chi connectivity index (χ2v) is 6.39. The Morgan fingerprint density at radius 1 is 1.19 bits per heavy atom. The van der Waals surface area contributed by atoms with Crippen LogP contribution in [0.25, 0.3) is 11.0 Å². The van der Waals surface area contributed by atoms with E-state index in [0.29, 0.717) is 13.1 Å². The highest BCUT2D eigenvalue weighted by Crippen LogP contribution is 2.11. The quantitative estimate of drug-likeness (QED) is 0.681. The third-order valence-corrected chi connectivity index (χ3v) is 4.16. The molecule has 1 aromatic carbocycles. The summed E-state index contributed by atoms with van der Waals surface area (Å²) >= 11 is 0. The van der Waals surface area contributed by atoms with Gasteiger partial charge in [-0.15, -0.1) is 0 Å². The van der Waals surface area contributed by atoms with Gasteiger partial charge < -0.3 is 19.6 Å². The molecule has 0 bridgehead atoms. The fourth-order valence-electron chi connectivity index (χ4n) is 2.75. The molecule has 26 heavy (non-hydrogen) atoms. The third-order valence-electron chi connectivity index (χ3n) is 4.16. The molecule has 0 aliphatic carbocycles. The number of rotatable bonds is 7. The molecule has 2 amide bonds. The Kier molecular flexibility index (Phi) is 5.36. The summed E-state index contributed by atoms with van der Waals surface area (Å²) in [6, 6.07) is 10.4. The van der Waals surface area contributed by atoms with Crippen LogP contribution < -0.4 is 10.6 Å². The van der Waals surface area contributed by atoms with E-state index in [0.717, 1.165) is 11.0 Å². The maximum Gasteiger partial charge on any atom is 0.287 e. The number of carbonyl (C=O) groups is 2. The molecule has 0 radical (unpaired) electrons. The second kappa shape index (κ2) is 7.86. The molecule has 0 aliphatic rings. The monoisotopic (exact) mass is 354 g/mol. The van der Waals surface area contributed by atoms with Crippen molar-refractivity contribution in [1.82, 2.24) is 20.2 Å². The normalized spacial score (nSPS) is 12.3. The number of fused-ring (bicyclic) bond motifs is 1. The molecule has 2 heterocycles. The minimum absolute atomic E-state index is 0.0528. The van der Waals surface area contributed by atoms with E-state index in [1.165, 1.54) is 6.26 Å². The van der Waals surface area contributed by atoms with E-state index in [4.69, 9.17) is 4.42 Å². The molecule has 0 spiro atoms. The Morgan fingerprint density at radius 2 is 2.00 bits per heavy atom. The van der Waals surface area contributed by atoms with Gasteiger partial charge >= 0.3 is 0 Å². The van der Waals surface area contributed by atoms with Gasteiger partial charge in [-0.05, 0) is 30.2 Å². The molecule has 2 N–H and O–H groups in total. The van der Waals surface area contributed by atoms with Crippen molar-refractivity contribution in [1.29, 1.82) is 0 Å². The number of nitrogens with zero attached hydrogens (tertiary/aromatic N) is 2. The van der Waals surface area contributed by atoms with E-state index in [-0.39, 0.29) is 17.6 Å². The molecular formula is C19H22N4O3. The molecule has 0 unspecified atom stereocenters. The third kappa shape index (κ3) is 3.93. The first-order chi connectivity index (χ1) is 12.6. The summed E-state index contributed by atoms with van der Waals surface area (Å²) in [5.41, 5.74) is 1.94. The Morgan fingerprint density at radius 3 is 2.73 bits per heavy atom. The van der Waals surface area contributed by atoms with Crippen molar-refractivity contribution in [3.05, 3.63) is 54.7 Å². The predicted molar refractivity (Wildman–Crippen MR) is 97.5 cm³/mol. The second-order valence-electron chi connectivity index (χ2n) is 6.39. The standard InChI is InChI=1S/C19H22N4O3/c1-13(2)17(22-18(24)16-8-5-11-26-16)19(25)20-9-10-23-12-21-14-6-3-4-7-15(14)23/h3-8,11-13,17H,9-10H2,1-2H3,(H,20,25)(H,22,24)/t17-/m0/s1. The summed E-state index contributed by atoms with van der Waals surface area (Å²) in [4.78, 5) is 29.0. The lowest BCUT2D eigenvalue weighted by Gasteiger charge is -2.21. The Hall–Kier alpha value is -3.09. The van der Waals surface area contributed by atoms with E-state index in [2.05, 4.69) is 15.6 Å². The van der Waals surface area contributed by atoms with Crippen LogP contribution in [0.4, 0.5) is 0 Å². The zero-order valence-electron chi connectivity index (χ0n) is 14.8. The van der Waals surface area contributed by atoms with Gasteiger partial charge in [-0.1, -0.05) is 26.0 Å². The first-order valence-electron chi connectivity index (χ1n) is 8.58. The zero-order chi connectivity index (χ0) is 18.5. The molecular weight excluding hydrogens is 332 g/mol. The first kappa shape index (κ1) is 17.7. The number of hydrogen-bond acceptors (Lipinski definition) is 4. The summed E-state index contributed by atoms with van der Waals surface area (Å²) in [6.07, 6.45) is 3.18. The van der Waals surface area contributed by atoms with Gasteiger partial charge in [0.25, 0.3) is 5.91 Å². The smallest absolute Gasteiger partial charge is 0.287 e. The van der Waals surface area contributed by atoms with Gasteiger partial charge in [-0.3, -0.25) is 9.59 Å². The summed E-state index contributed by atoms with van der Waals surface area (Å²) < 4.78 is 7.06. The Bertz CT molecular complexity index is 883. The van der Waals surface area contributed by atoms with Crippen molar-refractivity contribution in [3.8, 4) is 0 Å². The number of nitrogens with one attached hydrogen (secondary N) is 2. The van der Waals surface area contributed by atoms with Gasteiger partial charge in [0.2, 0.25) is 5.91 Å². The van der Waals surface area contributed by atoms with Crippen molar-refractivity contribution in [3.63, 3.8) is 0 Å². The average molecular weight is 354 g/mol. The van der Waals surface area contributed by atoms with Gasteiger partial charge in [-0.25, -0.2) is 4.98 Å². The van der Waals surface area contributed by atoms with Crippen molar-refractivity contribution in [2.24, 2.45) is 5.92 Å². The van der Waals surface area contributed by atoms with Crippen LogP contribution in [0.3, 0.4) is 0 Å². The van der Waals surface area contributed by atoms with E-state index in [1.54, 1.807) is 18.5 Å². The van der Waals surface area contributed by atoms with Crippen LogP contribution >= 0.6 is 0 Å². The number of hydrogen-bond donors (Lipinski definition) is 2. The van der Waals surface area contributed by atoms with Crippen molar-refractivity contribution in [2.75, 3.05) is 6.54 Å². The van der Waals surface area contributed by atoms with Gasteiger partial charge in [0.15, 0.2) is 5.76 Å². The minimum Gasteiger partial charge on any atom is -0.459 e. The molecule has 3 aromatic rings. The van der Waals surface area contributed by atoms with Crippen LogP contribution in [0, 0.1) is 5.92 Å². The molecule has 7 heteroatoms. The fraction of sp³-hybridized carbons (Fsp3) is 0.316. The number of amides is 2. The average Bonchev–Trinajstić information content (AvgIpc) is 3.29. The highest BCUT2D eigenvalue weighted by atomic mass is 16.3. The highest BCUT2D eigenvalue weighted by molar-refractivity contribution is 5.95. The first-order valence-corrected chi connectivity index (χ1v) is 8.58. The molecule has 0 aliphatic heterocycles. The lowest BCUT2D eigenvalue weighted by molar-refractivity contribution is -0.123. The number of carbonyl (C=O) groups excluding carboxylic acids is 2. The number of furan rings is 1. The van der Waals surface area contributed by atoms with Crippen LogP contribution in [-0.4, -0.2) is 34.0 Å². The van der Waals surface area contributed by atoms with E-state index in [9.17, 15) is 9.59 Å². The van der Waals surface area contributed by atoms with Crippen LogP contribution in [0.15, 0.2) is 53.4 Å². The van der Waals surface area contributed by atoms with E-state index < -0.39 is 11.9 Å². The highest BCUT2D eigenvalue weighted by Gasteiger charge is 2.25. The molecule has 3 rings (SSSR count). The van der Waals surface area contributed by atoms with Gasteiger partial charge in [0, 0.05) is 13.1 Å². The summed E-state index contributed by atoms with van der Waals surface area (Å²) in [7, 11) is 0. The zero-order valence-corrected chi connectivity index (χ0v) is 14.8. The summed E-state index contributed by atoms with van der Waals surface area (Å²) in [5.74, 6) is -0.481. The van der Waals surface area contributed by atoms with Crippen LogP contribution in [0.5, 0.6) is 0 Å². The SMILES string of the molecule is CC(C)[C@H](NC(=O)c1ccco1)C(=O)NCCn1cnc2ccccc21. The molecule has 7 nitrogen and oxygen atoms in total. The molecule has 1 atom stereocenters. The van der Waals surface area contributed by atoms with Gasteiger partial charge in [0.1, 0.15) is 6.04 Å². The van der Waals surface area contributed by atoms with E-state index in [1.807, 2.05) is 42.7 Å². The largest absolute Gasteiger partial charge is 0.459 e. The number of para-hydroxylation sites is 2. The lowest BCUT2D eigenvalue weighted by atomic mass is 10.0. The fourth-order valence-corrected chi connectivity index (χ4v) is 2.75. The van der Waals surface area contributed by atoms with Crippen LogP contribution in [-0.2, 0) is 11.3 Å². The van der Waals surface area contributed by atoms with Crippen molar-refractivity contribution >= 4 is 22.8 Å². The van der Waals surface area contributed by atoms with Gasteiger partial charge in [0.05, 0.1) is 23.6 Å². The Balaban J connectivity index is 1.57. The molecule has 2 aromatic heterocycles. The molecule has 0 saturated carbocycles. The molecule has 136 valence electrons. The lowest BCUT2D eigenvalue weighted by Crippen LogP contribution is -2.50. The van der Waals surface area contributed by atoms with Crippen molar-refractivity contribution < 1.29 is 14.0 Å². The van der Waals surface area contributed by atoms with Crippen LogP contribution in [0.2, 0.25) is 0 Å². The Labute approximate surface area is 151 Å². The maximum absolute atomic E-state index is 12.5.